The van der Waals surface area contributed by atoms with Crippen molar-refractivity contribution in [1.29, 1.82) is 0 Å². The third-order valence-corrected chi connectivity index (χ3v) is 6.64. The first-order chi connectivity index (χ1) is 11.2. The fourth-order valence-electron chi connectivity index (χ4n) is 3.35. The Balaban J connectivity index is 1.88. The van der Waals surface area contributed by atoms with Crippen LogP contribution in [-0.4, -0.2) is 60.6 Å². The van der Waals surface area contributed by atoms with Crippen molar-refractivity contribution in [3.05, 3.63) is 29.8 Å². The van der Waals surface area contributed by atoms with E-state index in [0.29, 0.717) is 18.5 Å². The van der Waals surface area contributed by atoms with Gasteiger partial charge in [-0.25, -0.2) is 17.5 Å². The summed E-state index contributed by atoms with van der Waals surface area (Å²) in [5.74, 6) is -0.203. The van der Waals surface area contributed by atoms with Gasteiger partial charge in [-0.1, -0.05) is 12.1 Å². The van der Waals surface area contributed by atoms with E-state index in [2.05, 4.69) is 0 Å². The van der Waals surface area contributed by atoms with E-state index in [1.807, 2.05) is 0 Å². The molecule has 2 saturated heterocycles. The van der Waals surface area contributed by atoms with Gasteiger partial charge in [-0.05, 0) is 37.5 Å². The van der Waals surface area contributed by atoms with Gasteiger partial charge in [0.25, 0.3) is 5.91 Å². The fraction of sp³-hybridized carbons (Fsp3) is 0.500. The summed E-state index contributed by atoms with van der Waals surface area (Å²) in [5.41, 5.74) is -0.130. The maximum Gasteiger partial charge on any atom is 0.327 e. The van der Waals surface area contributed by atoms with Gasteiger partial charge in [0.05, 0.1) is 11.4 Å². The molecule has 2 aliphatic rings. The largest absolute Gasteiger partial charge is 0.327 e. The molecule has 3 rings (SSSR count). The van der Waals surface area contributed by atoms with Crippen molar-refractivity contribution < 1.29 is 18.0 Å². The maximum atomic E-state index is 12.7. The lowest BCUT2D eigenvalue weighted by atomic mass is 9.99. The highest BCUT2D eigenvalue weighted by molar-refractivity contribution is 7.89. The average molecular weight is 351 g/mol. The molecule has 0 radical (unpaired) electrons. The Morgan fingerprint density at radius 3 is 2.58 bits per heavy atom. The van der Waals surface area contributed by atoms with Crippen molar-refractivity contribution in [1.82, 2.24) is 14.1 Å². The van der Waals surface area contributed by atoms with E-state index in [0.717, 1.165) is 10.7 Å². The highest BCUT2D eigenvalue weighted by Gasteiger charge is 2.56. The number of nitrogens with zero attached hydrogens (tertiary/aromatic N) is 3. The summed E-state index contributed by atoms with van der Waals surface area (Å²) >= 11 is 0. The van der Waals surface area contributed by atoms with Crippen LogP contribution < -0.4 is 0 Å². The van der Waals surface area contributed by atoms with Crippen LogP contribution in [0.5, 0.6) is 0 Å². The molecule has 0 spiro atoms. The summed E-state index contributed by atoms with van der Waals surface area (Å²) < 4.78 is 25.6. The number of imide groups is 1. The van der Waals surface area contributed by atoms with Crippen molar-refractivity contribution in [3.63, 3.8) is 0 Å². The molecule has 0 unspecified atom stereocenters. The van der Waals surface area contributed by atoms with Gasteiger partial charge in [0.15, 0.2) is 0 Å². The van der Waals surface area contributed by atoms with Crippen LogP contribution in [0.4, 0.5) is 4.79 Å². The Kier molecular flexibility index (Phi) is 3.92. The third kappa shape index (κ3) is 2.41. The van der Waals surface area contributed by atoms with Gasteiger partial charge >= 0.3 is 6.03 Å². The molecule has 0 saturated carbocycles. The molecule has 8 heteroatoms. The molecule has 24 heavy (non-hydrogen) atoms. The Morgan fingerprint density at radius 1 is 1.25 bits per heavy atom. The van der Waals surface area contributed by atoms with E-state index in [4.69, 9.17) is 0 Å². The monoisotopic (exact) mass is 351 g/mol. The van der Waals surface area contributed by atoms with E-state index in [9.17, 15) is 18.0 Å². The summed E-state index contributed by atoms with van der Waals surface area (Å²) in [5, 5.41) is 0. The van der Waals surface area contributed by atoms with Gasteiger partial charge in [-0.3, -0.25) is 9.69 Å². The first kappa shape index (κ1) is 16.9. The molecule has 0 bridgehead atoms. The predicted molar refractivity (Wildman–Crippen MR) is 87.6 cm³/mol. The second-order valence-electron chi connectivity index (χ2n) is 6.64. The Labute approximate surface area is 141 Å². The topological polar surface area (TPSA) is 78.0 Å². The van der Waals surface area contributed by atoms with Crippen molar-refractivity contribution >= 4 is 22.0 Å². The lowest BCUT2D eigenvalue weighted by Gasteiger charge is -2.22. The van der Waals surface area contributed by atoms with E-state index < -0.39 is 15.6 Å². The van der Waals surface area contributed by atoms with Crippen molar-refractivity contribution in [3.8, 4) is 0 Å². The Hall–Kier alpha value is -1.93. The molecule has 0 aromatic heterocycles. The summed E-state index contributed by atoms with van der Waals surface area (Å²) in [6, 6.07) is 6.08. The second-order valence-corrected chi connectivity index (χ2v) is 8.79. The Morgan fingerprint density at radius 2 is 1.96 bits per heavy atom. The molecule has 1 aromatic carbocycles. The normalized spacial score (nSPS) is 24.2. The van der Waals surface area contributed by atoms with E-state index in [1.54, 1.807) is 24.0 Å². The van der Waals surface area contributed by atoms with Gasteiger partial charge in [0.1, 0.15) is 5.54 Å². The number of fused-ring (bicyclic) bond motifs is 1. The number of urea groups is 1. The molecule has 3 amide bonds. The quantitative estimate of drug-likeness (QED) is 0.765. The van der Waals surface area contributed by atoms with Crippen LogP contribution in [0.3, 0.4) is 0 Å². The lowest BCUT2D eigenvalue weighted by Crippen LogP contribution is -2.41. The average Bonchev–Trinajstić information content (AvgIpc) is 3.00. The lowest BCUT2D eigenvalue weighted by molar-refractivity contribution is -0.132. The van der Waals surface area contributed by atoms with Crippen LogP contribution in [0.2, 0.25) is 0 Å². The van der Waals surface area contributed by atoms with Crippen molar-refractivity contribution in [2.75, 3.05) is 20.6 Å². The summed E-state index contributed by atoms with van der Waals surface area (Å²) in [7, 11) is -0.626. The molecule has 2 heterocycles. The molecule has 0 N–H and O–H groups in total. The van der Waals surface area contributed by atoms with E-state index in [1.165, 1.54) is 31.1 Å². The van der Waals surface area contributed by atoms with E-state index in [-0.39, 0.29) is 23.4 Å². The van der Waals surface area contributed by atoms with Gasteiger partial charge in [0.2, 0.25) is 10.0 Å². The zero-order valence-corrected chi connectivity index (χ0v) is 14.8. The SMILES string of the molecule is CN(C)S(=O)(=O)c1cccc(CN2C(=O)N3CCC[C@@]3(C)C2=O)c1. The molecule has 7 nitrogen and oxygen atoms in total. The van der Waals surface area contributed by atoms with Crippen LogP contribution >= 0.6 is 0 Å². The number of hydrogen-bond donors (Lipinski definition) is 0. The van der Waals surface area contributed by atoms with Crippen LogP contribution in [0.1, 0.15) is 25.3 Å². The fourth-order valence-corrected chi connectivity index (χ4v) is 4.33. The maximum absolute atomic E-state index is 12.7. The number of benzene rings is 1. The number of amides is 3. The second kappa shape index (κ2) is 5.56. The standard InChI is InChI=1S/C16H21N3O4S/c1-16-8-5-9-19(16)15(21)18(14(16)20)11-12-6-4-7-13(10-12)24(22,23)17(2)3/h4,6-7,10H,5,8-9,11H2,1-3H3/t16-/m0/s1. The number of carbonyl (C=O) groups is 2. The number of sulfonamides is 1. The van der Waals surface area contributed by atoms with Crippen LogP contribution in [0.25, 0.3) is 0 Å². The van der Waals surface area contributed by atoms with Crippen LogP contribution in [-0.2, 0) is 21.4 Å². The highest BCUT2D eigenvalue weighted by atomic mass is 32.2. The van der Waals surface area contributed by atoms with Crippen molar-refractivity contribution in [2.45, 2.75) is 36.7 Å². The minimum Gasteiger partial charge on any atom is -0.310 e. The summed E-state index contributed by atoms with van der Waals surface area (Å²) in [6.07, 6.45) is 1.50. The zero-order chi connectivity index (χ0) is 17.7. The van der Waals surface area contributed by atoms with Gasteiger partial charge in [-0.2, -0.15) is 0 Å². The molecule has 2 fully saturated rings. The molecular weight excluding hydrogens is 330 g/mol. The van der Waals surface area contributed by atoms with Crippen molar-refractivity contribution in [2.24, 2.45) is 0 Å². The number of rotatable bonds is 4. The van der Waals surface area contributed by atoms with Crippen LogP contribution in [0.15, 0.2) is 29.2 Å². The third-order valence-electron chi connectivity index (χ3n) is 4.83. The van der Waals surface area contributed by atoms with Gasteiger partial charge in [0, 0.05) is 20.6 Å². The highest BCUT2D eigenvalue weighted by Crippen LogP contribution is 2.37. The first-order valence-corrected chi connectivity index (χ1v) is 9.27. The molecule has 1 atom stereocenters. The smallest absolute Gasteiger partial charge is 0.310 e. The zero-order valence-electron chi connectivity index (χ0n) is 14.0. The molecule has 1 aromatic rings. The van der Waals surface area contributed by atoms with E-state index >= 15 is 0 Å². The minimum absolute atomic E-state index is 0.0839. The number of carbonyl (C=O) groups excluding carboxylic acids is 2. The minimum atomic E-state index is -3.55. The molecule has 0 aliphatic carbocycles. The van der Waals surface area contributed by atoms with Gasteiger partial charge < -0.3 is 4.90 Å². The first-order valence-electron chi connectivity index (χ1n) is 7.83. The molecule has 130 valence electrons. The predicted octanol–water partition coefficient (Wildman–Crippen LogP) is 1.25. The Bertz CT molecular complexity index is 805. The molecular formula is C16H21N3O4S. The summed E-state index contributed by atoms with van der Waals surface area (Å²) in [6.45, 7) is 2.47. The van der Waals surface area contributed by atoms with Crippen LogP contribution in [0, 0.1) is 0 Å². The van der Waals surface area contributed by atoms with Gasteiger partial charge in [-0.15, -0.1) is 0 Å². The molecule has 2 aliphatic heterocycles. The number of hydrogen-bond acceptors (Lipinski definition) is 4. The summed E-state index contributed by atoms with van der Waals surface area (Å²) in [4.78, 5) is 28.1.